The SMILES string of the molecule is Cn1c(CNC(=N)N)c(C(N)=O)c2ccc(-c3cccc4ccccc34)cc21. The number of primary amides is 1. The van der Waals surface area contributed by atoms with Crippen LogP contribution >= 0.6 is 0 Å². The highest BCUT2D eigenvalue weighted by molar-refractivity contribution is 6.09. The van der Waals surface area contributed by atoms with Crippen molar-refractivity contribution in [2.75, 3.05) is 0 Å². The minimum absolute atomic E-state index is 0.155. The molecule has 0 aliphatic rings. The number of nitrogens with two attached hydrogens (primary N) is 2. The van der Waals surface area contributed by atoms with Gasteiger partial charge in [0.2, 0.25) is 0 Å². The molecule has 4 aromatic rings. The first kappa shape index (κ1) is 17.6. The fraction of sp³-hybridized carbons (Fsp3) is 0.0909. The van der Waals surface area contributed by atoms with E-state index in [-0.39, 0.29) is 12.5 Å². The van der Waals surface area contributed by atoms with Crippen molar-refractivity contribution in [1.82, 2.24) is 9.88 Å². The van der Waals surface area contributed by atoms with Gasteiger partial charge in [-0.15, -0.1) is 0 Å². The van der Waals surface area contributed by atoms with Gasteiger partial charge in [0.1, 0.15) is 0 Å². The average molecular weight is 371 g/mol. The maximum absolute atomic E-state index is 12.1. The van der Waals surface area contributed by atoms with Gasteiger partial charge in [0, 0.05) is 18.0 Å². The molecule has 0 radical (unpaired) electrons. The van der Waals surface area contributed by atoms with Crippen molar-refractivity contribution >= 4 is 33.5 Å². The molecular weight excluding hydrogens is 350 g/mol. The lowest BCUT2D eigenvalue weighted by Gasteiger charge is -2.09. The normalized spacial score (nSPS) is 11.0. The molecule has 0 aliphatic heterocycles. The zero-order valence-corrected chi connectivity index (χ0v) is 15.5. The third-order valence-electron chi connectivity index (χ3n) is 5.12. The Balaban J connectivity index is 1.93. The number of carbonyl (C=O) groups excluding carboxylic acids is 1. The molecule has 0 bridgehead atoms. The van der Waals surface area contributed by atoms with Crippen molar-refractivity contribution in [3.63, 3.8) is 0 Å². The van der Waals surface area contributed by atoms with Crippen molar-refractivity contribution < 1.29 is 4.79 Å². The van der Waals surface area contributed by atoms with Gasteiger partial charge in [0.05, 0.1) is 17.8 Å². The average Bonchev–Trinajstić information content (AvgIpc) is 2.97. The summed E-state index contributed by atoms with van der Waals surface area (Å²) in [4.78, 5) is 12.1. The molecule has 6 heteroatoms. The number of amides is 1. The number of aromatic nitrogens is 1. The van der Waals surface area contributed by atoms with E-state index in [0.29, 0.717) is 11.3 Å². The smallest absolute Gasteiger partial charge is 0.251 e. The molecule has 0 atom stereocenters. The molecular formula is C22H21N5O. The molecule has 0 spiro atoms. The topological polar surface area (TPSA) is 110 Å². The molecule has 6 nitrogen and oxygen atoms in total. The van der Waals surface area contributed by atoms with Crippen LogP contribution in [0.2, 0.25) is 0 Å². The Morgan fingerprint density at radius 2 is 1.79 bits per heavy atom. The first-order valence-corrected chi connectivity index (χ1v) is 8.94. The lowest BCUT2D eigenvalue weighted by Crippen LogP contribution is -2.31. The van der Waals surface area contributed by atoms with Crippen LogP contribution in [0.5, 0.6) is 0 Å². The summed E-state index contributed by atoms with van der Waals surface area (Å²) in [5, 5.41) is 13.3. The van der Waals surface area contributed by atoms with Crippen LogP contribution in [-0.4, -0.2) is 16.4 Å². The number of carbonyl (C=O) groups is 1. The van der Waals surface area contributed by atoms with Gasteiger partial charge < -0.3 is 21.4 Å². The van der Waals surface area contributed by atoms with E-state index in [1.807, 2.05) is 41.9 Å². The Morgan fingerprint density at radius 3 is 2.54 bits per heavy atom. The van der Waals surface area contributed by atoms with E-state index < -0.39 is 5.91 Å². The van der Waals surface area contributed by atoms with E-state index >= 15 is 0 Å². The first-order valence-electron chi connectivity index (χ1n) is 8.94. The van der Waals surface area contributed by atoms with Crippen LogP contribution in [0.3, 0.4) is 0 Å². The van der Waals surface area contributed by atoms with E-state index in [1.54, 1.807) is 0 Å². The standard InChI is InChI=1S/C22H21N5O/c1-27-18-11-14(16-8-4-6-13-5-2-3-7-15(13)16)9-10-17(18)20(21(23)28)19(27)12-26-22(24)25/h2-11H,12H2,1H3,(H2,23,28)(H4,24,25,26). The summed E-state index contributed by atoms with van der Waals surface area (Å²) in [6, 6.07) is 20.5. The van der Waals surface area contributed by atoms with E-state index in [0.717, 1.165) is 22.0 Å². The van der Waals surface area contributed by atoms with Crippen molar-refractivity contribution in [2.24, 2.45) is 18.5 Å². The summed E-state index contributed by atoms with van der Waals surface area (Å²) < 4.78 is 1.93. The quantitative estimate of drug-likeness (QED) is 0.327. The second-order valence-corrected chi connectivity index (χ2v) is 6.77. The van der Waals surface area contributed by atoms with Gasteiger partial charge in [-0.3, -0.25) is 10.2 Å². The van der Waals surface area contributed by atoms with Gasteiger partial charge in [0.15, 0.2) is 5.96 Å². The Kier molecular flexibility index (Phi) is 4.24. The molecule has 140 valence electrons. The fourth-order valence-corrected chi connectivity index (χ4v) is 3.79. The third kappa shape index (κ3) is 2.85. The zero-order chi connectivity index (χ0) is 19.8. The summed E-state index contributed by atoms with van der Waals surface area (Å²) in [5.41, 5.74) is 15.3. The van der Waals surface area contributed by atoms with Crippen LogP contribution in [0.25, 0.3) is 32.8 Å². The lowest BCUT2D eigenvalue weighted by atomic mass is 9.97. The number of nitrogens with zero attached hydrogens (tertiary/aromatic N) is 1. The van der Waals surface area contributed by atoms with E-state index in [1.165, 1.54) is 10.8 Å². The number of guanidine groups is 1. The van der Waals surface area contributed by atoms with Crippen molar-refractivity contribution in [3.05, 3.63) is 71.9 Å². The van der Waals surface area contributed by atoms with Crippen LogP contribution in [0.15, 0.2) is 60.7 Å². The number of nitrogens with one attached hydrogen (secondary N) is 2. The van der Waals surface area contributed by atoms with Crippen LogP contribution in [0.4, 0.5) is 0 Å². The van der Waals surface area contributed by atoms with Crippen LogP contribution in [-0.2, 0) is 13.6 Å². The van der Waals surface area contributed by atoms with Crippen LogP contribution in [0, 0.1) is 5.41 Å². The number of fused-ring (bicyclic) bond motifs is 2. The van der Waals surface area contributed by atoms with Gasteiger partial charge in [-0.1, -0.05) is 54.6 Å². The predicted octanol–water partition coefficient (Wildman–Crippen LogP) is 3.08. The summed E-state index contributed by atoms with van der Waals surface area (Å²) in [7, 11) is 1.89. The first-order chi connectivity index (χ1) is 13.5. The number of hydrogen-bond acceptors (Lipinski definition) is 2. The second kappa shape index (κ2) is 6.74. The maximum atomic E-state index is 12.1. The molecule has 1 aromatic heterocycles. The Labute approximate surface area is 162 Å². The highest BCUT2D eigenvalue weighted by Gasteiger charge is 2.20. The number of rotatable bonds is 4. The van der Waals surface area contributed by atoms with Crippen LogP contribution < -0.4 is 16.8 Å². The molecule has 0 saturated carbocycles. The molecule has 0 saturated heterocycles. The molecule has 0 fully saturated rings. The number of benzene rings is 3. The van der Waals surface area contributed by atoms with Gasteiger partial charge in [-0.25, -0.2) is 0 Å². The minimum atomic E-state index is -0.496. The summed E-state index contributed by atoms with van der Waals surface area (Å²) >= 11 is 0. The van der Waals surface area contributed by atoms with Gasteiger partial charge in [0.25, 0.3) is 5.91 Å². The van der Waals surface area contributed by atoms with Gasteiger partial charge >= 0.3 is 0 Å². The Hall–Kier alpha value is -3.80. The monoisotopic (exact) mass is 371 g/mol. The molecule has 0 unspecified atom stereocenters. The summed E-state index contributed by atoms with van der Waals surface area (Å²) in [6.07, 6.45) is 0. The fourth-order valence-electron chi connectivity index (χ4n) is 3.79. The Bertz CT molecular complexity index is 1230. The molecule has 28 heavy (non-hydrogen) atoms. The highest BCUT2D eigenvalue weighted by Crippen LogP contribution is 2.33. The van der Waals surface area contributed by atoms with Crippen LogP contribution in [0.1, 0.15) is 16.1 Å². The largest absolute Gasteiger partial charge is 0.370 e. The van der Waals surface area contributed by atoms with E-state index in [4.69, 9.17) is 16.9 Å². The summed E-state index contributed by atoms with van der Waals surface area (Å²) in [6.45, 7) is 0.252. The zero-order valence-electron chi connectivity index (χ0n) is 15.5. The predicted molar refractivity (Wildman–Crippen MR) is 113 cm³/mol. The van der Waals surface area contributed by atoms with Gasteiger partial charge in [-0.2, -0.15) is 0 Å². The van der Waals surface area contributed by atoms with Crippen molar-refractivity contribution in [3.8, 4) is 11.1 Å². The second-order valence-electron chi connectivity index (χ2n) is 6.77. The van der Waals surface area contributed by atoms with Crippen molar-refractivity contribution in [2.45, 2.75) is 6.54 Å². The molecule has 4 rings (SSSR count). The summed E-state index contributed by atoms with van der Waals surface area (Å²) in [5.74, 6) is -0.652. The minimum Gasteiger partial charge on any atom is -0.370 e. The highest BCUT2D eigenvalue weighted by atomic mass is 16.1. The van der Waals surface area contributed by atoms with E-state index in [9.17, 15) is 4.79 Å². The Morgan fingerprint density at radius 1 is 1.04 bits per heavy atom. The van der Waals surface area contributed by atoms with Crippen molar-refractivity contribution in [1.29, 1.82) is 5.41 Å². The number of aryl methyl sites for hydroxylation is 1. The van der Waals surface area contributed by atoms with E-state index in [2.05, 4.69) is 35.6 Å². The molecule has 0 aliphatic carbocycles. The molecule has 3 aromatic carbocycles. The molecule has 1 heterocycles. The maximum Gasteiger partial charge on any atom is 0.251 e. The molecule has 1 amide bonds. The number of hydrogen-bond donors (Lipinski definition) is 4. The lowest BCUT2D eigenvalue weighted by molar-refractivity contribution is 0.100. The van der Waals surface area contributed by atoms with Gasteiger partial charge in [-0.05, 0) is 28.0 Å². The third-order valence-corrected chi connectivity index (χ3v) is 5.12. The molecule has 6 N–H and O–H groups in total.